The number of carbonyl (C=O) groups is 2. The topological polar surface area (TPSA) is 94.8 Å². The van der Waals surface area contributed by atoms with Crippen molar-refractivity contribution in [2.24, 2.45) is 0 Å². The van der Waals surface area contributed by atoms with Gasteiger partial charge in [-0.3, -0.25) is 14.5 Å². The summed E-state index contributed by atoms with van der Waals surface area (Å²) in [5, 5.41) is 7.73. The van der Waals surface area contributed by atoms with E-state index in [0.717, 1.165) is 36.8 Å². The second kappa shape index (κ2) is 8.69. The number of aromatic nitrogens is 2. The molecule has 33 heavy (non-hydrogen) atoms. The number of hydrogen-bond donors (Lipinski definition) is 0. The van der Waals surface area contributed by atoms with Gasteiger partial charge in [0.15, 0.2) is 11.5 Å². The Morgan fingerprint density at radius 1 is 1.06 bits per heavy atom. The molecule has 1 saturated carbocycles. The second-order valence-corrected chi connectivity index (χ2v) is 8.52. The van der Waals surface area contributed by atoms with Crippen molar-refractivity contribution in [3.05, 3.63) is 70.9 Å². The van der Waals surface area contributed by atoms with Gasteiger partial charge in [0.25, 0.3) is 11.8 Å². The molecule has 1 aliphatic carbocycles. The van der Waals surface area contributed by atoms with E-state index < -0.39 is 6.04 Å². The number of imide groups is 1. The third-order valence-corrected chi connectivity index (χ3v) is 6.33. The third kappa shape index (κ3) is 3.97. The van der Waals surface area contributed by atoms with Gasteiger partial charge in [-0.1, -0.05) is 17.7 Å². The molecule has 2 aromatic carbocycles. The molecule has 0 radical (unpaired) electrons. The van der Waals surface area contributed by atoms with E-state index in [2.05, 4.69) is 10.2 Å². The summed E-state index contributed by atoms with van der Waals surface area (Å²) >= 11 is 0. The number of nitrogens with zero attached hydrogens (tertiary/aromatic N) is 3. The van der Waals surface area contributed by atoms with Crippen LogP contribution in [0.5, 0.6) is 11.5 Å². The highest BCUT2D eigenvalue weighted by atomic mass is 16.5. The molecule has 1 aliphatic heterocycles. The van der Waals surface area contributed by atoms with Crippen LogP contribution in [0, 0.1) is 6.92 Å². The van der Waals surface area contributed by atoms with Crippen LogP contribution < -0.4 is 9.47 Å². The fourth-order valence-electron chi connectivity index (χ4n) is 4.64. The highest BCUT2D eigenvalue weighted by Crippen LogP contribution is 2.38. The van der Waals surface area contributed by atoms with Crippen LogP contribution in [0.4, 0.5) is 0 Å². The third-order valence-electron chi connectivity index (χ3n) is 6.33. The van der Waals surface area contributed by atoms with Crippen molar-refractivity contribution < 1.29 is 23.5 Å². The van der Waals surface area contributed by atoms with E-state index in [1.165, 1.54) is 11.3 Å². The summed E-state index contributed by atoms with van der Waals surface area (Å²) in [6.45, 7) is 1.90. The number of rotatable bonds is 7. The highest BCUT2D eigenvalue weighted by molar-refractivity contribution is 6.21. The average Bonchev–Trinajstić information content (AvgIpc) is 3.56. The summed E-state index contributed by atoms with van der Waals surface area (Å²) in [6.07, 6.45) is 5.83. The Morgan fingerprint density at radius 2 is 1.85 bits per heavy atom. The van der Waals surface area contributed by atoms with Crippen LogP contribution in [0.15, 0.2) is 47.2 Å². The molecule has 0 saturated heterocycles. The van der Waals surface area contributed by atoms with Crippen molar-refractivity contribution in [1.82, 2.24) is 15.1 Å². The van der Waals surface area contributed by atoms with Gasteiger partial charge in [-0.2, -0.15) is 0 Å². The minimum Gasteiger partial charge on any atom is -0.493 e. The molecule has 0 unspecified atom stereocenters. The second-order valence-electron chi connectivity index (χ2n) is 8.52. The highest BCUT2D eigenvalue weighted by Gasteiger charge is 2.41. The number of ether oxygens (including phenoxy) is 2. The Hall–Kier alpha value is -3.68. The zero-order valence-corrected chi connectivity index (χ0v) is 18.6. The lowest BCUT2D eigenvalue weighted by Crippen LogP contribution is -2.35. The van der Waals surface area contributed by atoms with Crippen molar-refractivity contribution in [2.75, 3.05) is 7.11 Å². The van der Waals surface area contributed by atoms with E-state index in [4.69, 9.17) is 13.9 Å². The molecule has 1 atom stereocenters. The van der Waals surface area contributed by atoms with Gasteiger partial charge in [-0.25, -0.2) is 0 Å². The fourth-order valence-corrected chi connectivity index (χ4v) is 4.64. The first-order valence-electron chi connectivity index (χ1n) is 11.1. The predicted molar refractivity (Wildman–Crippen MR) is 118 cm³/mol. The van der Waals surface area contributed by atoms with Crippen LogP contribution in [0.3, 0.4) is 0 Å². The first kappa shape index (κ1) is 21.2. The molecular weight excluding hydrogens is 422 g/mol. The molecule has 1 aromatic heterocycles. The molecule has 2 heterocycles. The smallest absolute Gasteiger partial charge is 0.262 e. The molecule has 8 nitrogen and oxygen atoms in total. The number of methoxy groups -OCH3 is 1. The lowest BCUT2D eigenvalue weighted by molar-refractivity contribution is 0.0576. The van der Waals surface area contributed by atoms with Crippen molar-refractivity contribution in [3.63, 3.8) is 0 Å². The van der Waals surface area contributed by atoms with Crippen molar-refractivity contribution in [3.8, 4) is 11.5 Å². The Balaban J connectivity index is 1.55. The van der Waals surface area contributed by atoms with Gasteiger partial charge < -0.3 is 13.9 Å². The molecule has 1 fully saturated rings. The first-order valence-corrected chi connectivity index (χ1v) is 11.1. The average molecular weight is 447 g/mol. The SMILES string of the molecule is COc1ccc([C@@H](Cc2nnco2)N2C(=O)c3ccc(C)cc3C2=O)cc1OC1CCCC1. The molecule has 0 spiro atoms. The van der Waals surface area contributed by atoms with Crippen LogP contribution in [0.2, 0.25) is 0 Å². The van der Waals surface area contributed by atoms with Crippen molar-refractivity contribution >= 4 is 11.8 Å². The summed E-state index contributed by atoms with van der Waals surface area (Å²) in [6, 6.07) is 10.2. The maximum atomic E-state index is 13.4. The molecule has 170 valence electrons. The summed E-state index contributed by atoms with van der Waals surface area (Å²) in [4.78, 5) is 28.0. The summed E-state index contributed by atoms with van der Waals surface area (Å²) in [5.41, 5.74) is 2.46. The summed E-state index contributed by atoms with van der Waals surface area (Å²) in [7, 11) is 1.60. The lowest BCUT2D eigenvalue weighted by atomic mass is 10.0. The van der Waals surface area contributed by atoms with Gasteiger partial charge in [0, 0.05) is 0 Å². The van der Waals surface area contributed by atoms with E-state index in [9.17, 15) is 9.59 Å². The van der Waals surface area contributed by atoms with Gasteiger partial charge >= 0.3 is 0 Å². The normalized spacial score (nSPS) is 16.8. The minimum absolute atomic E-state index is 0.130. The number of hydrogen-bond acceptors (Lipinski definition) is 7. The van der Waals surface area contributed by atoms with Crippen LogP contribution in [-0.2, 0) is 6.42 Å². The molecular formula is C25H25N3O5. The quantitative estimate of drug-likeness (QED) is 0.499. The first-order chi connectivity index (χ1) is 16.0. The van der Waals surface area contributed by atoms with E-state index >= 15 is 0 Å². The number of fused-ring (bicyclic) bond motifs is 1. The van der Waals surface area contributed by atoms with E-state index in [0.29, 0.717) is 28.5 Å². The Labute approximate surface area is 191 Å². The molecule has 0 N–H and O–H groups in total. The number of amides is 2. The number of benzene rings is 2. The zero-order valence-electron chi connectivity index (χ0n) is 18.6. The fraction of sp³-hybridized carbons (Fsp3) is 0.360. The van der Waals surface area contributed by atoms with Gasteiger partial charge in [0.1, 0.15) is 0 Å². The molecule has 3 aromatic rings. The molecule has 5 rings (SSSR count). The van der Waals surface area contributed by atoms with Gasteiger partial charge in [-0.05, 0) is 62.4 Å². The largest absolute Gasteiger partial charge is 0.493 e. The van der Waals surface area contributed by atoms with Gasteiger partial charge in [0.2, 0.25) is 12.3 Å². The Morgan fingerprint density at radius 3 is 2.58 bits per heavy atom. The van der Waals surface area contributed by atoms with Crippen LogP contribution in [-0.4, -0.2) is 40.1 Å². The van der Waals surface area contributed by atoms with Gasteiger partial charge in [0.05, 0.1) is 36.8 Å². The summed E-state index contributed by atoms with van der Waals surface area (Å²) in [5.74, 6) is 0.873. The van der Waals surface area contributed by atoms with Crippen molar-refractivity contribution in [1.29, 1.82) is 0 Å². The van der Waals surface area contributed by atoms with Crippen LogP contribution >= 0.6 is 0 Å². The summed E-state index contributed by atoms with van der Waals surface area (Å²) < 4.78 is 17.1. The van der Waals surface area contributed by atoms with E-state index in [1.54, 1.807) is 19.2 Å². The van der Waals surface area contributed by atoms with Gasteiger partial charge in [-0.15, -0.1) is 10.2 Å². The lowest BCUT2D eigenvalue weighted by Gasteiger charge is -2.27. The molecule has 8 heteroatoms. The predicted octanol–water partition coefficient (Wildman–Crippen LogP) is 4.29. The standard InChI is InChI=1S/C25H25N3O5/c1-15-7-9-18-19(11-15)25(30)28(24(18)29)20(13-23-27-26-14-32-23)16-8-10-21(31-2)22(12-16)33-17-5-3-4-6-17/h7-12,14,17,20H,3-6,13H2,1-2H3/t20-/m1/s1. The van der Waals surface area contributed by atoms with E-state index in [1.807, 2.05) is 31.2 Å². The van der Waals surface area contributed by atoms with Crippen LogP contribution in [0.25, 0.3) is 0 Å². The maximum Gasteiger partial charge on any atom is 0.262 e. The minimum atomic E-state index is -0.644. The van der Waals surface area contributed by atoms with Crippen LogP contribution in [0.1, 0.15) is 69.5 Å². The Kier molecular flexibility index (Phi) is 5.58. The van der Waals surface area contributed by atoms with Crippen molar-refractivity contribution in [2.45, 2.75) is 51.2 Å². The number of carbonyl (C=O) groups excluding carboxylic acids is 2. The number of aryl methyl sites for hydroxylation is 1. The maximum absolute atomic E-state index is 13.4. The van der Waals surface area contributed by atoms with E-state index in [-0.39, 0.29) is 24.3 Å². The molecule has 2 amide bonds. The monoisotopic (exact) mass is 447 g/mol. The molecule has 2 aliphatic rings. The Bertz CT molecular complexity index is 1180. The zero-order chi connectivity index (χ0) is 22.9. The molecule has 0 bridgehead atoms.